The monoisotopic (exact) mass is 368 g/mol. The van der Waals surface area contributed by atoms with Crippen molar-refractivity contribution in [3.05, 3.63) is 65.6 Å². The van der Waals surface area contributed by atoms with Crippen LogP contribution in [0.15, 0.2) is 59.5 Å². The van der Waals surface area contributed by atoms with Crippen molar-refractivity contribution >= 4 is 23.2 Å². The lowest BCUT2D eigenvalue weighted by Crippen LogP contribution is -2.26. The highest BCUT2D eigenvalue weighted by Gasteiger charge is 2.22. The summed E-state index contributed by atoms with van der Waals surface area (Å²) in [6.07, 6.45) is 4.19. The molecule has 2 heterocycles. The van der Waals surface area contributed by atoms with Gasteiger partial charge < -0.3 is 14.5 Å². The fourth-order valence-corrected chi connectivity index (χ4v) is 3.41. The van der Waals surface area contributed by atoms with Crippen LogP contribution in [0, 0.1) is 5.92 Å². The van der Waals surface area contributed by atoms with E-state index in [9.17, 15) is 4.79 Å². The molecule has 3 aromatic rings. The van der Waals surface area contributed by atoms with Crippen LogP contribution in [0.3, 0.4) is 0 Å². The number of rotatable bonds is 4. The molecule has 0 saturated heterocycles. The van der Waals surface area contributed by atoms with E-state index in [0.29, 0.717) is 29.5 Å². The molecule has 0 saturated carbocycles. The van der Waals surface area contributed by atoms with E-state index in [2.05, 4.69) is 10.3 Å². The van der Waals surface area contributed by atoms with E-state index >= 15 is 0 Å². The first-order chi connectivity index (χ1) is 12.7. The number of amides is 1. The molecule has 4 rings (SSSR count). The number of anilines is 1. The van der Waals surface area contributed by atoms with E-state index in [0.717, 1.165) is 23.3 Å². The Morgan fingerprint density at radius 3 is 2.96 bits per heavy atom. The SMILES string of the molecule is O=C(CC1COc2ccccc2C1)Nc1ccc(-c2cnco2)c(Cl)c1. The molecule has 5 nitrogen and oxygen atoms in total. The highest BCUT2D eigenvalue weighted by molar-refractivity contribution is 6.33. The molecule has 0 bridgehead atoms. The van der Waals surface area contributed by atoms with Crippen molar-refractivity contribution in [3.63, 3.8) is 0 Å². The second-order valence-electron chi connectivity index (χ2n) is 6.30. The summed E-state index contributed by atoms with van der Waals surface area (Å²) in [4.78, 5) is 16.3. The van der Waals surface area contributed by atoms with Gasteiger partial charge in [0, 0.05) is 23.6 Å². The number of oxazole rings is 1. The molecule has 1 aliphatic heterocycles. The second-order valence-corrected chi connectivity index (χ2v) is 6.71. The third kappa shape index (κ3) is 3.58. The highest BCUT2D eigenvalue weighted by Crippen LogP contribution is 2.31. The first kappa shape index (κ1) is 16.7. The maximum atomic E-state index is 12.4. The number of carbonyl (C=O) groups excluding carboxylic acids is 1. The molecule has 1 aliphatic rings. The van der Waals surface area contributed by atoms with Crippen LogP contribution in [0.1, 0.15) is 12.0 Å². The topological polar surface area (TPSA) is 64.4 Å². The molecular weight excluding hydrogens is 352 g/mol. The van der Waals surface area contributed by atoms with Crippen molar-refractivity contribution in [2.24, 2.45) is 5.92 Å². The zero-order valence-electron chi connectivity index (χ0n) is 13.9. The van der Waals surface area contributed by atoms with Crippen molar-refractivity contribution in [2.45, 2.75) is 12.8 Å². The van der Waals surface area contributed by atoms with Crippen LogP contribution < -0.4 is 10.1 Å². The molecule has 6 heteroatoms. The van der Waals surface area contributed by atoms with Crippen LogP contribution in [0.2, 0.25) is 5.02 Å². The molecule has 1 N–H and O–H groups in total. The van der Waals surface area contributed by atoms with Gasteiger partial charge in [0.05, 0.1) is 17.8 Å². The first-order valence-corrected chi connectivity index (χ1v) is 8.76. The van der Waals surface area contributed by atoms with E-state index < -0.39 is 0 Å². The molecule has 0 spiro atoms. The lowest BCUT2D eigenvalue weighted by molar-refractivity contribution is -0.117. The van der Waals surface area contributed by atoms with Gasteiger partial charge in [-0.2, -0.15) is 0 Å². The minimum absolute atomic E-state index is 0.0542. The molecule has 26 heavy (non-hydrogen) atoms. The fraction of sp³-hybridized carbons (Fsp3) is 0.200. The number of nitrogens with one attached hydrogen (secondary N) is 1. The number of carbonyl (C=O) groups is 1. The number of nitrogens with zero attached hydrogens (tertiary/aromatic N) is 1. The quantitative estimate of drug-likeness (QED) is 0.732. The van der Waals surface area contributed by atoms with Crippen LogP contribution in [0.25, 0.3) is 11.3 Å². The Labute approximate surface area is 156 Å². The third-order valence-corrected chi connectivity index (χ3v) is 4.69. The molecule has 0 aliphatic carbocycles. The van der Waals surface area contributed by atoms with Gasteiger partial charge >= 0.3 is 0 Å². The Hall–Kier alpha value is -2.79. The Balaban J connectivity index is 1.39. The maximum absolute atomic E-state index is 12.4. The summed E-state index contributed by atoms with van der Waals surface area (Å²) >= 11 is 6.29. The lowest BCUT2D eigenvalue weighted by Gasteiger charge is -2.24. The minimum Gasteiger partial charge on any atom is -0.493 e. The van der Waals surface area contributed by atoms with E-state index in [1.54, 1.807) is 24.4 Å². The average molecular weight is 369 g/mol. The predicted octanol–water partition coefficient (Wildman–Crippen LogP) is 4.57. The third-order valence-electron chi connectivity index (χ3n) is 4.38. The number of hydrogen-bond acceptors (Lipinski definition) is 4. The van der Waals surface area contributed by atoms with Crippen LogP contribution in [-0.2, 0) is 11.2 Å². The number of aromatic nitrogens is 1. The predicted molar refractivity (Wildman–Crippen MR) is 99.3 cm³/mol. The minimum atomic E-state index is -0.0542. The second kappa shape index (κ2) is 7.22. The van der Waals surface area contributed by atoms with Gasteiger partial charge in [0.25, 0.3) is 0 Å². The van der Waals surface area contributed by atoms with Crippen molar-refractivity contribution in [1.29, 1.82) is 0 Å². The fourth-order valence-electron chi connectivity index (χ4n) is 3.14. The number of hydrogen-bond donors (Lipinski definition) is 1. The summed E-state index contributed by atoms with van der Waals surface area (Å²) in [6.45, 7) is 0.551. The Kier molecular flexibility index (Phi) is 4.63. The molecule has 132 valence electrons. The molecule has 1 unspecified atom stereocenters. The zero-order chi connectivity index (χ0) is 17.9. The summed E-state index contributed by atoms with van der Waals surface area (Å²) < 4.78 is 11.0. The summed E-state index contributed by atoms with van der Waals surface area (Å²) in [7, 11) is 0. The molecule has 0 radical (unpaired) electrons. The summed E-state index contributed by atoms with van der Waals surface area (Å²) in [5.74, 6) is 1.61. The molecule has 1 amide bonds. The number of benzene rings is 2. The Morgan fingerprint density at radius 2 is 2.15 bits per heavy atom. The van der Waals surface area contributed by atoms with Crippen molar-refractivity contribution in [1.82, 2.24) is 4.98 Å². The van der Waals surface area contributed by atoms with Gasteiger partial charge in [-0.1, -0.05) is 29.8 Å². The van der Waals surface area contributed by atoms with Gasteiger partial charge in [-0.3, -0.25) is 4.79 Å². The molecular formula is C20H17ClN2O3. The number of halogens is 1. The number of fused-ring (bicyclic) bond motifs is 1. The van der Waals surface area contributed by atoms with Crippen LogP contribution >= 0.6 is 11.6 Å². The van der Waals surface area contributed by atoms with Gasteiger partial charge in [0.2, 0.25) is 5.91 Å². The number of para-hydroxylation sites is 1. The van der Waals surface area contributed by atoms with E-state index in [1.807, 2.05) is 24.3 Å². The summed E-state index contributed by atoms with van der Waals surface area (Å²) in [5, 5.41) is 3.40. The molecule has 2 aromatic carbocycles. The standard InChI is InChI=1S/C20H17ClN2O3/c21-17-9-15(5-6-16(17)19-10-22-12-26-19)23-20(24)8-13-7-14-3-1-2-4-18(14)25-11-13/h1-6,9-10,12-13H,7-8,11H2,(H,23,24). The lowest BCUT2D eigenvalue weighted by atomic mass is 9.94. The smallest absolute Gasteiger partial charge is 0.224 e. The zero-order valence-corrected chi connectivity index (χ0v) is 14.7. The average Bonchev–Trinajstić information content (AvgIpc) is 3.16. The highest BCUT2D eigenvalue weighted by atomic mass is 35.5. The van der Waals surface area contributed by atoms with E-state index in [4.69, 9.17) is 20.8 Å². The first-order valence-electron chi connectivity index (χ1n) is 8.38. The molecule has 0 fully saturated rings. The van der Waals surface area contributed by atoms with Crippen LogP contribution in [0.5, 0.6) is 5.75 Å². The molecule has 1 aromatic heterocycles. The van der Waals surface area contributed by atoms with Crippen LogP contribution in [0.4, 0.5) is 5.69 Å². The summed E-state index contributed by atoms with van der Waals surface area (Å²) in [5.41, 5.74) is 2.54. The summed E-state index contributed by atoms with van der Waals surface area (Å²) in [6, 6.07) is 13.3. The Morgan fingerprint density at radius 1 is 1.27 bits per heavy atom. The van der Waals surface area contributed by atoms with Gasteiger partial charge in [-0.15, -0.1) is 0 Å². The number of ether oxygens (including phenoxy) is 1. The Bertz CT molecular complexity index is 925. The van der Waals surface area contributed by atoms with Gasteiger partial charge in [0.1, 0.15) is 5.75 Å². The molecule has 1 atom stereocenters. The van der Waals surface area contributed by atoms with Crippen molar-refractivity contribution < 1.29 is 13.9 Å². The largest absolute Gasteiger partial charge is 0.493 e. The van der Waals surface area contributed by atoms with Crippen molar-refractivity contribution in [3.8, 4) is 17.1 Å². The normalized spacial score (nSPS) is 15.8. The van der Waals surface area contributed by atoms with Gasteiger partial charge in [0.15, 0.2) is 12.2 Å². The van der Waals surface area contributed by atoms with E-state index in [1.165, 1.54) is 6.39 Å². The maximum Gasteiger partial charge on any atom is 0.224 e. The van der Waals surface area contributed by atoms with Gasteiger partial charge in [-0.05, 0) is 36.2 Å². The van der Waals surface area contributed by atoms with Crippen molar-refractivity contribution in [2.75, 3.05) is 11.9 Å². The van der Waals surface area contributed by atoms with E-state index in [-0.39, 0.29) is 11.8 Å². The van der Waals surface area contributed by atoms with Crippen LogP contribution in [-0.4, -0.2) is 17.5 Å². The van der Waals surface area contributed by atoms with Gasteiger partial charge in [-0.25, -0.2) is 4.98 Å².